The molecule has 11 nitrogen and oxygen atoms in total. The summed E-state index contributed by atoms with van der Waals surface area (Å²) in [5, 5.41) is 23.5. The van der Waals surface area contributed by atoms with Gasteiger partial charge in [-0.05, 0) is 79.6 Å². The summed E-state index contributed by atoms with van der Waals surface area (Å²) in [6.45, 7) is 1.03. The lowest BCUT2D eigenvalue weighted by molar-refractivity contribution is -0.0312. The first kappa shape index (κ1) is 34.9. The Bertz CT molecular complexity index is 1830. The number of sulfone groups is 1. The molecule has 2 atom stereocenters. The number of benzene rings is 3. The summed E-state index contributed by atoms with van der Waals surface area (Å²) >= 11 is 0. The summed E-state index contributed by atoms with van der Waals surface area (Å²) in [4.78, 5) is 0.119. The monoisotopic (exact) mass is 703 g/mol. The second kappa shape index (κ2) is 13.8. The van der Waals surface area contributed by atoms with E-state index in [1.54, 1.807) is 36.4 Å². The fourth-order valence-electron chi connectivity index (χ4n) is 6.50. The smallest absolute Gasteiger partial charge is 0.243 e. The molecule has 0 radical (unpaired) electrons. The summed E-state index contributed by atoms with van der Waals surface area (Å²) in [5.74, 6) is -0.196. The van der Waals surface area contributed by atoms with Crippen LogP contribution in [0.5, 0.6) is 5.75 Å². The number of aliphatic hydroxyl groups excluding tert-OH is 2. The summed E-state index contributed by atoms with van der Waals surface area (Å²) in [6.07, 6.45) is 1.63. The van der Waals surface area contributed by atoms with Crippen molar-refractivity contribution in [2.45, 2.75) is 70.9 Å². The van der Waals surface area contributed by atoms with E-state index in [1.807, 2.05) is 0 Å². The predicted octanol–water partition coefficient (Wildman–Crippen LogP) is 2.59. The van der Waals surface area contributed by atoms with Gasteiger partial charge in [-0.25, -0.2) is 21.2 Å². The van der Waals surface area contributed by atoms with Gasteiger partial charge in [-0.1, -0.05) is 30.3 Å². The maximum atomic E-state index is 14.7. The van der Waals surface area contributed by atoms with Crippen LogP contribution < -0.4 is 15.8 Å². The molecule has 1 spiro atoms. The quantitative estimate of drug-likeness (QED) is 0.208. The van der Waals surface area contributed by atoms with Crippen molar-refractivity contribution in [2.75, 3.05) is 39.5 Å². The van der Waals surface area contributed by atoms with Crippen molar-refractivity contribution < 1.29 is 40.9 Å². The van der Waals surface area contributed by atoms with Crippen LogP contribution in [0.3, 0.4) is 0 Å². The van der Waals surface area contributed by atoms with Gasteiger partial charge in [-0.2, -0.15) is 4.31 Å². The topological polar surface area (TPSA) is 168 Å². The number of piperidine rings is 1. The van der Waals surface area contributed by atoms with E-state index < -0.39 is 48.7 Å². The average molecular weight is 704 g/mol. The third-order valence-electron chi connectivity index (χ3n) is 9.79. The van der Waals surface area contributed by atoms with Crippen molar-refractivity contribution in [3.05, 3.63) is 78.1 Å². The molecule has 14 heteroatoms. The lowest BCUT2D eigenvalue weighted by Crippen LogP contribution is -2.47. The van der Waals surface area contributed by atoms with Crippen LogP contribution in [0.15, 0.2) is 76.5 Å². The van der Waals surface area contributed by atoms with Crippen molar-refractivity contribution in [3.63, 3.8) is 0 Å². The minimum absolute atomic E-state index is 0.0335. The molecule has 260 valence electrons. The zero-order valence-electron chi connectivity index (χ0n) is 26.6. The third-order valence-corrected chi connectivity index (χ3v) is 14.2. The number of sulfonamides is 1. The zero-order valence-corrected chi connectivity index (χ0v) is 28.2. The number of ether oxygens (including phenoxy) is 2. The SMILES string of the molecule is NCc1ccc(-c2cc(S(=O)(=O)N3CCC4(CC3)CC(NCC(O)COc3cccc(S(=O)(=O)C5(CO)CC5)c3)CO4)ccc2F)cc1. The van der Waals surface area contributed by atoms with Crippen molar-refractivity contribution >= 4 is 19.9 Å². The Balaban J connectivity index is 0.987. The predicted molar refractivity (Wildman–Crippen MR) is 177 cm³/mol. The normalized spacial score (nSPS) is 21.3. The summed E-state index contributed by atoms with van der Waals surface area (Å²) in [6, 6.07) is 17.0. The zero-order chi connectivity index (χ0) is 34.2. The highest BCUT2D eigenvalue weighted by Gasteiger charge is 2.54. The van der Waals surface area contributed by atoms with Crippen molar-refractivity contribution in [2.24, 2.45) is 5.73 Å². The fourth-order valence-corrected chi connectivity index (χ4v) is 9.81. The number of aliphatic hydroxyl groups is 2. The van der Waals surface area contributed by atoms with E-state index in [0.29, 0.717) is 56.6 Å². The van der Waals surface area contributed by atoms with E-state index in [9.17, 15) is 31.4 Å². The van der Waals surface area contributed by atoms with Crippen LogP contribution in [-0.2, 0) is 31.1 Å². The molecule has 6 rings (SSSR count). The molecule has 3 aromatic rings. The van der Waals surface area contributed by atoms with Gasteiger partial charge in [0.1, 0.15) is 24.3 Å². The number of hydrogen-bond acceptors (Lipinski definition) is 10. The molecule has 1 aliphatic carbocycles. The molecule has 48 heavy (non-hydrogen) atoms. The summed E-state index contributed by atoms with van der Waals surface area (Å²) in [5.41, 5.74) is 6.85. The first-order valence-corrected chi connectivity index (χ1v) is 19.1. The molecular formula is C34H42FN3O8S2. The van der Waals surface area contributed by atoms with Crippen LogP contribution in [-0.4, -0.2) is 93.3 Å². The molecule has 0 aromatic heterocycles. The number of rotatable bonds is 13. The standard InChI is InChI=1S/C34H42FN3O8S2/c35-32-9-8-30(17-31(32)25-6-4-24(19-36)5-7-25)48(43,44)38-14-12-33(13-15-38)18-26(21-46-33)37-20-27(40)22-45-28-2-1-3-29(16-28)47(41,42)34(23-39)10-11-34/h1-9,16-17,26-27,37,39-40H,10-15,18-23,36H2. The minimum Gasteiger partial charge on any atom is -0.491 e. The van der Waals surface area contributed by atoms with Gasteiger partial charge in [0.2, 0.25) is 10.0 Å². The Kier molecular flexibility index (Phi) is 10.00. The van der Waals surface area contributed by atoms with Crippen LogP contribution in [0.2, 0.25) is 0 Å². The van der Waals surface area contributed by atoms with E-state index >= 15 is 0 Å². The van der Waals surface area contributed by atoms with E-state index in [2.05, 4.69) is 5.32 Å². The van der Waals surface area contributed by atoms with E-state index in [-0.39, 0.29) is 47.6 Å². The number of nitrogens with two attached hydrogens (primary N) is 1. The lowest BCUT2D eigenvalue weighted by atomic mass is 9.88. The molecule has 2 unspecified atom stereocenters. The molecule has 0 amide bonds. The average Bonchev–Trinajstić information content (AvgIpc) is 3.83. The molecule has 0 bridgehead atoms. The molecule has 2 aliphatic heterocycles. The van der Waals surface area contributed by atoms with E-state index in [1.165, 1.54) is 34.6 Å². The largest absolute Gasteiger partial charge is 0.491 e. The van der Waals surface area contributed by atoms with Gasteiger partial charge in [0, 0.05) is 37.8 Å². The Morgan fingerprint density at radius 1 is 1.00 bits per heavy atom. The minimum atomic E-state index is -3.87. The summed E-state index contributed by atoms with van der Waals surface area (Å²) < 4.78 is 79.9. The van der Waals surface area contributed by atoms with Gasteiger partial charge >= 0.3 is 0 Å². The highest BCUT2D eigenvalue weighted by atomic mass is 32.2. The molecule has 1 saturated carbocycles. The Morgan fingerprint density at radius 3 is 2.40 bits per heavy atom. The van der Waals surface area contributed by atoms with E-state index in [4.69, 9.17) is 15.2 Å². The fraction of sp³-hybridized carbons (Fsp3) is 0.471. The van der Waals surface area contributed by atoms with Gasteiger partial charge in [0.25, 0.3) is 0 Å². The highest BCUT2D eigenvalue weighted by molar-refractivity contribution is 7.93. The number of nitrogens with zero attached hydrogens (tertiary/aromatic N) is 1. The van der Waals surface area contributed by atoms with Crippen LogP contribution in [0, 0.1) is 5.82 Å². The molecule has 3 aliphatic rings. The Morgan fingerprint density at radius 2 is 1.73 bits per heavy atom. The highest BCUT2D eigenvalue weighted by Crippen LogP contribution is 2.46. The third kappa shape index (κ3) is 7.03. The van der Waals surface area contributed by atoms with Crippen molar-refractivity contribution in [1.29, 1.82) is 0 Å². The van der Waals surface area contributed by atoms with E-state index in [0.717, 1.165) is 5.56 Å². The second-order valence-corrected chi connectivity index (χ2v) is 17.3. The maximum Gasteiger partial charge on any atom is 0.243 e. The van der Waals surface area contributed by atoms with Gasteiger partial charge in [-0.15, -0.1) is 0 Å². The molecule has 3 aromatic carbocycles. The molecule has 2 heterocycles. The van der Waals surface area contributed by atoms with Crippen LogP contribution in [0.25, 0.3) is 11.1 Å². The van der Waals surface area contributed by atoms with Crippen LogP contribution in [0.4, 0.5) is 4.39 Å². The number of hydrogen-bond donors (Lipinski definition) is 4. The number of nitrogens with one attached hydrogen (secondary N) is 1. The van der Waals surface area contributed by atoms with Gasteiger partial charge < -0.3 is 30.7 Å². The second-order valence-electron chi connectivity index (χ2n) is 13.0. The Labute approximate surface area is 280 Å². The van der Waals surface area contributed by atoms with Crippen LogP contribution in [0.1, 0.15) is 37.7 Å². The molecule has 2 saturated heterocycles. The maximum absolute atomic E-state index is 14.7. The first-order valence-electron chi connectivity index (χ1n) is 16.1. The Hall–Kier alpha value is -2.95. The summed E-state index contributed by atoms with van der Waals surface area (Å²) in [7, 11) is -7.55. The van der Waals surface area contributed by atoms with Crippen molar-refractivity contribution in [3.8, 4) is 16.9 Å². The first-order chi connectivity index (χ1) is 22.9. The van der Waals surface area contributed by atoms with Crippen molar-refractivity contribution in [1.82, 2.24) is 9.62 Å². The molecular weight excluding hydrogens is 662 g/mol. The van der Waals surface area contributed by atoms with Gasteiger partial charge in [-0.3, -0.25) is 0 Å². The lowest BCUT2D eigenvalue weighted by Gasteiger charge is -2.38. The van der Waals surface area contributed by atoms with Gasteiger partial charge in [0.15, 0.2) is 9.84 Å². The van der Waals surface area contributed by atoms with Crippen LogP contribution >= 0.6 is 0 Å². The van der Waals surface area contributed by atoms with Gasteiger partial charge in [0.05, 0.1) is 33.4 Å². The molecule has 3 fully saturated rings. The number of halogens is 1. The molecule has 5 N–H and O–H groups in total.